The average molecular weight is 517 g/mol. The first-order valence-electron chi connectivity index (χ1n) is 12.4. The number of aliphatic hydroxyl groups is 1. The third-order valence-electron chi connectivity index (χ3n) is 6.88. The van der Waals surface area contributed by atoms with E-state index < -0.39 is 35.3 Å². The molecule has 3 aromatic heterocycles. The Morgan fingerprint density at radius 2 is 1.16 bits per heavy atom. The summed E-state index contributed by atoms with van der Waals surface area (Å²) in [7, 11) is 0. The fraction of sp³-hybridized carbons (Fsp3) is 0.267. The molecule has 0 atom stereocenters. The van der Waals surface area contributed by atoms with Crippen molar-refractivity contribution in [2.75, 3.05) is 0 Å². The molecular weight excluding hydrogens is 488 g/mol. The lowest BCUT2D eigenvalue weighted by Gasteiger charge is -2.19. The SMILES string of the molecule is CC(C)c1cccc2c(O)c(C(c3ccc(CO)o3)c3c(O)c4cccc(C(C)C)c4oc3=O)c(=O)oc12. The molecule has 0 saturated heterocycles. The van der Waals surface area contributed by atoms with Gasteiger partial charge in [0.1, 0.15) is 40.8 Å². The van der Waals surface area contributed by atoms with Crippen molar-refractivity contribution in [3.63, 3.8) is 0 Å². The fourth-order valence-electron chi connectivity index (χ4n) is 4.97. The van der Waals surface area contributed by atoms with Crippen LogP contribution in [0.15, 0.2) is 71.4 Å². The number of hydrogen-bond acceptors (Lipinski definition) is 8. The zero-order valence-corrected chi connectivity index (χ0v) is 21.4. The minimum absolute atomic E-state index is 0.00631. The average Bonchev–Trinajstić information content (AvgIpc) is 3.36. The van der Waals surface area contributed by atoms with Crippen molar-refractivity contribution in [1.82, 2.24) is 0 Å². The third-order valence-corrected chi connectivity index (χ3v) is 6.88. The first kappa shape index (κ1) is 25.4. The second-order valence-corrected chi connectivity index (χ2v) is 9.96. The van der Waals surface area contributed by atoms with Crippen molar-refractivity contribution >= 4 is 21.9 Å². The van der Waals surface area contributed by atoms with E-state index in [9.17, 15) is 24.9 Å². The molecule has 0 amide bonds. The number of aromatic hydroxyl groups is 2. The van der Waals surface area contributed by atoms with Crippen LogP contribution < -0.4 is 11.3 Å². The highest BCUT2D eigenvalue weighted by atomic mass is 16.4. The summed E-state index contributed by atoms with van der Waals surface area (Å²) < 4.78 is 17.2. The van der Waals surface area contributed by atoms with Crippen LogP contribution in [0.25, 0.3) is 21.9 Å². The molecule has 5 rings (SSSR count). The quantitative estimate of drug-likeness (QED) is 0.240. The summed E-state index contributed by atoms with van der Waals surface area (Å²) in [5.41, 5.74) is -0.451. The van der Waals surface area contributed by atoms with Gasteiger partial charge in [0.2, 0.25) is 0 Å². The van der Waals surface area contributed by atoms with E-state index in [-0.39, 0.29) is 56.4 Å². The second kappa shape index (κ2) is 9.54. The van der Waals surface area contributed by atoms with Gasteiger partial charge in [0.25, 0.3) is 0 Å². The summed E-state index contributed by atoms with van der Waals surface area (Å²) >= 11 is 0. The van der Waals surface area contributed by atoms with Crippen LogP contribution >= 0.6 is 0 Å². The van der Waals surface area contributed by atoms with Gasteiger partial charge in [0.05, 0.1) is 27.8 Å². The van der Waals surface area contributed by atoms with Gasteiger partial charge in [-0.1, -0.05) is 52.0 Å². The maximum absolute atomic E-state index is 13.5. The van der Waals surface area contributed by atoms with Gasteiger partial charge in [-0.05, 0) is 47.2 Å². The molecule has 0 aliphatic rings. The summed E-state index contributed by atoms with van der Waals surface area (Å²) in [6, 6.07) is 13.3. The fourth-order valence-corrected chi connectivity index (χ4v) is 4.97. The molecule has 0 aliphatic heterocycles. The Hall–Kier alpha value is -4.30. The molecule has 2 aromatic carbocycles. The monoisotopic (exact) mass is 516 g/mol. The van der Waals surface area contributed by atoms with E-state index in [1.165, 1.54) is 12.1 Å². The van der Waals surface area contributed by atoms with E-state index in [0.717, 1.165) is 11.1 Å². The van der Waals surface area contributed by atoms with Gasteiger partial charge in [-0.15, -0.1) is 0 Å². The van der Waals surface area contributed by atoms with Crippen LogP contribution in [0.5, 0.6) is 11.5 Å². The van der Waals surface area contributed by atoms with Gasteiger partial charge < -0.3 is 28.6 Å². The van der Waals surface area contributed by atoms with Gasteiger partial charge >= 0.3 is 11.3 Å². The van der Waals surface area contributed by atoms with Crippen LogP contribution in [0.3, 0.4) is 0 Å². The molecule has 0 fully saturated rings. The Balaban J connectivity index is 1.88. The molecule has 38 heavy (non-hydrogen) atoms. The number of para-hydroxylation sites is 2. The zero-order chi connectivity index (χ0) is 27.3. The molecule has 5 aromatic rings. The van der Waals surface area contributed by atoms with Crippen LogP contribution in [-0.4, -0.2) is 15.3 Å². The molecule has 3 heterocycles. The smallest absolute Gasteiger partial charge is 0.344 e. The molecule has 0 aliphatic carbocycles. The van der Waals surface area contributed by atoms with Crippen LogP contribution in [0.4, 0.5) is 0 Å². The topological polar surface area (TPSA) is 134 Å². The lowest BCUT2D eigenvalue weighted by atomic mass is 9.87. The van der Waals surface area contributed by atoms with Crippen molar-refractivity contribution in [2.45, 2.75) is 52.1 Å². The number of hydrogen-bond donors (Lipinski definition) is 3. The van der Waals surface area contributed by atoms with Crippen LogP contribution in [0, 0.1) is 0 Å². The third kappa shape index (κ3) is 3.97. The van der Waals surface area contributed by atoms with E-state index >= 15 is 0 Å². The van der Waals surface area contributed by atoms with E-state index in [4.69, 9.17) is 13.3 Å². The van der Waals surface area contributed by atoms with E-state index in [0.29, 0.717) is 0 Å². The molecule has 8 nitrogen and oxygen atoms in total. The number of fused-ring (bicyclic) bond motifs is 2. The van der Waals surface area contributed by atoms with Gasteiger partial charge in [-0.2, -0.15) is 0 Å². The predicted molar refractivity (Wildman–Crippen MR) is 142 cm³/mol. The first-order valence-corrected chi connectivity index (χ1v) is 12.4. The van der Waals surface area contributed by atoms with Crippen LogP contribution in [-0.2, 0) is 6.61 Å². The minimum Gasteiger partial charge on any atom is -0.507 e. The molecule has 0 unspecified atom stereocenters. The van der Waals surface area contributed by atoms with Crippen LogP contribution in [0.1, 0.15) is 79.2 Å². The molecule has 196 valence electrons. The summed E-state index contributed by atoms with van der Waals surface area (Å²) in [5.74, 6) is -1.97. The van der Waals surface area contributed by atoms with Crippen molar-refractivity contribution in [1.29, 1.82) is 0 Å². The Labute approximate surface area is 217 Å². The molecule has 0 saturated carbocycles. The van der Waals surface area contributed by atoms with Crippen molar-refractivity contribution < 1.29 is 28.6 Å². The van der Waals surface area contributed by atoms with E-state index in [2.05, 4.69) is 0 Å². The largest absolute Gasteiger partial charge is 0.507 e. The number of aliphatic hydroxyl groups excluding tert-OH is 1. The maximum atomic E-state index is 13.5. The van der Waals surface area contributed by atoms with Gasteiger partial charge in [-0.25, -0.2) is 9.59 Å². The van der Waals surface area contributed by atoms with E-state index in [1.54, 1.807) is 24.3 Å². The normalized spacial score (nSPS) is 12.0. The predicted octanol–water partition coefficient (Wildman–Crippen LogP) is 5.82. The molecule has 0 bridgehead atoms. The second-order valence-electron chi connectivity index (χ2n) is 9.96. The Bertz CT molecular complexity index is 1670. The number of rotatable bonds is 6. The van der Waals surface area contributed by atoms with Gasteiger partial charge in [0, 0.05) is 0 Å². The highest BCUT2D eigenvalue weighted by Gasteiger charge is 2.35. The van der Waals surface area contributed by atoms with Crippen molar-refractivity contribution in [2.24, 2.45) is 0 Å². The molecule has 0 spiro atoms. The summed E-state index contributed by atoms with van der Waals surface area (Å²) in [6.45, 7) is 7.31. The Kier molecular flexibility index (Phi) is 6.36. The number of benzene rings is 2. The molecule has 0 radical (unpaired) electrons. The van der Waals surface area contributed by atoms with Crippen molar-refractivity contribution in [3.05, 3.63) is 103 Å². The maximum Gasteiger partial charge on any atom is 0.344 e. The zero-order valence-electron chi connectivity index (χ0n) is 21.4. The molecule has 8 heteroatoms. The first-order chi connectivity index (χ1) is 18.1. The molecular formula is C30H28O8. The van der Waals surface area contributed by atoms with Crippen molar-refractivity contribution in [3.8, 4) is 11.5 Å². The summed E-state index contributed by atoms with van der Waals surface area (Å²) in [4.78, 5) is 27.0. The lowest BCUT2D eigenvalue weighted by Crippen LogP contribution is -2.21. The standard InChI is InChI=1S/C30H28O8/c1-14(2)17-7-5-9-19-25(32)23(29(34)37-27(17)19)22(21-12-11-16(13-31)36-21)24-26(33)20-10-6-8-18(15(3)4)28(20)38-30(24)35/h5-12,14-15,22,31-33H,13H2,1-4H3. The van der Waals surface area contributed by atoms with E-state index in [1.807, 2.05) is 39.8 Å². The summed E-state index contributed by atoms with van der Waals surface area (Å²) in [6.07, 6.45) is 0. The summed E-state index contributed by atoms with van der Waals surface area (Å²) in [5, 5.41) is 33.0. The highest BCUT2D eigenvalue weighted by molar-refractivity contribution is 5.89. The minimum atomic E-state index is -1.39. The highest BCUT2D eigenvalue weighted by Crippen LogP contribution is 2.43. The number of furan rings is 1. The van der Waals surface area contributed by atoms with Crippen LogP contribution in [0.2, 0.25) is 0 Å². The van der Waals surface area contributed by atoms with Gasteiger partial charge in [-0.3, -0.25) is 0 Å². The Morgan fingerprint density at radius 3 is 1.55 bits per heavy atom. The van der Waals surface area contributed by atoms with Gasteiger partial charge in [0.15, 0.2) is 0 Å². The lowest BCUT2D eigenvalue weighted by molar-refractivity contribution is 0.242. The Morgan fingerprint density at radius 1 is 0.684 bits per heavy atom. The molecule has 3 N–H and O–H groups in total.